The number of nitrogens with one attached hydrogen (secondary N) is 2. The summed E-state index contributed by atoms with van der Waals surface area (Å²) >= 11 is 0. The van der Waals surface area contributed by atoms with Crippen molar-refractivity contribution in [2.45, 2.75) is 25.4 Å². The van der Waals surface area contributed by atoms with Gasteiger partial charge in [-0.05, 0) is 69.2 Å². The van der Waals surface area contributed by atoms with E-state index in [0.717, 1.165) is 43.6 Å². The topological polar surface area (TPSA) is 67.8 Å². The van der Waals surface area contributed by atoms with Crippen molar-refractivity contribution in [3.05, 3.63) is 65.7 Å². The number of nitrogens with zero attached hydrogens (tertiary/aromatic N) is 2. The predicted octanol–water partition coefficient (Wildman–Crippen LogP) is 3.35. The molecule has 0 aromatic heterocycles. The van der Waals surface area contributed by atoms with E-state index in [0.29, 0.717) is 0 Å². The third-order valence-corrected chi connectivity index (χ3v) is 5.12. The summed E-state index contributed by atoms with van der Waals surface area (Å²) in [6, 6.07) is 16.7. The van der Waals surface area contributed by atoms with Crippen molar-refractivity contribution in [1.29, 1.82) is 0 Å². The summed E-state index contributed by atoms with van der Waals surface area (Å²) in [5.41, 5.74) is 6.15. The van der Waals surface area contributed by atoms with Crippen LogP contribution in [0.15, 0.2) is 54.6 Å². The molecule has 2 aromatic carbocycles. The van der Waals surface area contributed by atoms with Crippen molar-refractivity contribution in [3.8, 4) is 0 Å². The van der Waals surface area contributed by atoms with Crippen molar-refractivity contribution >= 4 is 23.4 Å². The van der Waals surface area contributed by atoms with Crippen molar-refractivity contribution in [1.82, 2.24) is 10.4 Å². The van der Waals surface area contributed by atoms with Crippen LogP contribution in [0.1, 0.15) is 24.0 Å². The maximum absolute atomic E-state index is 11.2. The number of benzene rings is 2. The predicted molar refractivity (Wildman–Crippen MR) is 118 cm³/mol. The fraction of sp³-hybridized carbons (Fsp3) is 0.348. The zero-order chi connectivity index (χ0) is 20.6. The largest absolute Gasteiger partial charge is 0.363 e. The summed E-state index contributed by atoms with van der Waals surface area (Å²) in [7, 11) is 4.20. The summed E-state index contributed by atoms with van der Waals surface area (Å²) in [6.45, 7) is 2.04. The minimum atomic E-state index is -0.537. The molecule has 1 heterocycles. The molecule has 0 bridgehead atoms. The van der Waals surface area contributed by atoms with Crippen LogP contribution in [0.5, 0.6) is 0 Å². The van der Waals surface area contributed by atoms with Crippen molar-refractivity contribution in [3.63, 3.8) is 0 Å². The Bertz CT molecular complexity index is 836. The van der Waals surface area contributed by atoms with Gasteiger partial charge in [-0.15, -0.1) is 0 Å². The Morgan fingerprint density at radius 2 is 2.03 bits per heavy atom. The van der Waals surface area contributed by atoms with E-state index in [1.807, 2.05) is 12.1 Å². The van der Waals surface area contributed by atoms with Gasteiger partial charge in [0.2, 0.25) is 0 Å². The molecule has 1 aliphatic heterocycles. The number of aryl methyl sites for hydroxylation is 1. The van der Waals surface area contributed by atoms with Gasteiger partial charge in [0.05, 0.1) is 17.5 Å². The molecule has 3 rings (SSSR count). The zero-order valence-electron chi connectivity index (χ0n) is 17.1. The van der Waals surface area contributed by atoms with Crippen LogP contribution >= 0.6 is 0 Å². The third kappa shape index (κ3) is 5.82. The summed E-state index contributed by atoms with van der Waals surface area (Å²) in [5, 5.41) is 12.3. The van der Waals surface area contributed by atoms with Gasteiger partial charge >= 0.3 is 0 Å². The molecule has 1 atom stereocenters. The lowest BCUT2D eigenvalue weighted by Gasteiger charge is -2.27. The van der Waals surface area contributed by atoms with Crippen LogP contribution < -0.4 is 15.7 Å². The molecule has 6 nitrogen and oxygen atoms in total. The van der Waals surface area contributed by atoms with Crippen molar-refractivity contribution in [2.24, 2.45) is 0 Å². The number of fused-ring (bicyclic) bond motifs is 1. The molecule has 6 heteroatoms. The Morgan fingerprint density at radius 1 is 1.24 bits per heavy atom. The van der Waals surface area contributed by atoms with Crippen LogP contribution in [-0.4, -0.2) is 49.4 Å². The van der Waals surface area contributed by atoms with E-state index in [4.69, 9.17) is 5.21 Å². The number of hydrogen-bond acceptors (Lipinski definition) is 5. The van der Waals surface area contributed by atoms with E-state index >= 15 is 0 Å². The highest BCUT2D eigenvalue weighted by atomic mass is 16.5. The molecule has 3 N–H and O–H groups in total. The average molecular weight is 395 g/mol. The number of rotatable bonds is 9. The van der Waals surface area contributed by atoms with Crippen LogP contribution in [0, 0.1) is 0 Å². The maximum atomic E-state index is 11.2. The first-order chi connectivity index (χ1) is 14.1. The van der Waals surface area contributed by atoms with Crippen LogP contribution in [0.4, 0.5) is 11.4 Å². The number of hydrogen-bond donors (Lipinski definition) is 3. The molecule has 0 fully saturated rings. The standard InChI is InChI=1S/C23H30N4O2/c1-26(2)15-6-16-27-21-12-9-19(11-14-23(28)25-29)17-20(21)24-22(27)13-10-18-7-4-3-5-8-18/h3-5,7-9,11-12,14,17,22,24,29H,6,10,13,15-16H2,1-2H3,(H,25,28). The highest BCUT2D eigenvalue weighted by Crippen LogP contribution is 2.37. The Labute approximate surface area is 172 Å². The molecule has 0 saturated carbocycles. The molecular formula is C23H30N4O2. The fourth-order valence-electron chi connectivity index (χ4n) is 3.67. The van der Waals surface area contributed by atoms with Gasteiger partial charge in [-0.2, -0.15) is 0 Å². The normalized spacial score (nSPS) is 15.6. The first-order valence-electron chi connectivity index (χ1n) is 10.0. The van der Waals surface area contributed by atoms with Crippen molar-refractivity contribution in [2.75, 3.05) is 37.4 Å². The SMILES string of the molecule is CN(C)CCCN1c2ccc(C=CC(=O)NO)cc2NC1CCc1ccccc1. The average Bonchev–Trinajstić information content (AvgIpc) is 3.07. The highest BCUT2D eigenvalue weighted by Gasteiger charge is 2.28. The van der Waals surface area contributed by atoms with Gasteiger partial charge in [-0.1, -0.05) is 36.4 Å². The van der Waals surface area contributed by atoms with Crippen LogP contribution in [-0.2, 0) is 11.2 Å². The Hall–Kier alpha value is -2.83. The molecule has 154 valence electrons. The number of carbonyl (C=O) groups is 1. The zero-order valence-corrected chi connectivity index (χ0v) is 17.1. The Balaban J connectivity index is 1.73. The van der Waals surface area contributed by atoms with Crippen LogP contribution in [0.2, 0.25) is 0 Å². The number of anilines is 2. The molecule has 2 aromatic rings. The molecule has 1 aliphatic rings. The monoisotopic (exact) mass is 394 g/mol. The second-order valence-corrected chi connectivity index (χ2v) is 7.62. The summed E-state index contributed by atoms with van der Waals surface area (Å²) in [5.74, 6) is -0.537. The van der Waals surface area contributed by atoms with E-state index in [2.05, 4.69) is 65.6 Å². The first-order valence-corrected chi connectivity index (χ1v) is 10.0. The van der Waals surface area contributed by atoms with Crippen molar-refractivity contribution < 1.29 is 10.0 Å². The molecule has 0 saturated heterocycles. The number of hydroxylamine groups is 1. The van der Waals surface area contributed by atoms with Gasteiger partial charge < -0.3 is 15.1 Å². The molecular weight excluding hydrogens is 364 g/mol. The van der Waals surface area contributed by atoms with Gasteiger partial charge in [-0.3, -0.25) is 10.0 Å². The van der Waals surface area contributed by atoms with E-state index in [1.54, 1.807) is 11.6 Å². The second-order valence-electron chi connectivity index (χ2n) is 7.62. The lowest BCUT2D eigenvalue weighted by atomic mass is 10.1. The van der Waals surface area contributed by atoms with Gasteiger partial charge in [-0.25, -0.2) is 5.48 Å². The molecule has 1 unspecified atom stereocenters. The maximum Gasteiger partial charge on any atom is 0.267 e. The van der Waals surface area contributed by atoms with E-state index in [9.17, 15) is 4.79 Å². The molecule has 29 heavy (non-hydrogen) atoms. The van der Waals surface area contributed by atoms with E-state index < -0.39 is 5.91 Å². The van der Waals surface area contributed by atoms with Gasteiger partial charge in [0.25, 0.3) is 5.91 Å². The van der Waals surface area contributed by atoms with Gasteiger partial charge in [0, 0.05) is 12.6 Å². The summed E-state index contributed by atoms with van der Waals surface area (Å²) in [6.07, 6.45) is 6.37. The van der Waals surface area contributed by atoms with Gasteiger partial charge in [0.1, 0.15) is 0 Å². The quantitative estimate of drug-likeness (QED) is 0.346. The second kappa shape index (κ2) is 10.1. The smallest absolute Gasteiger partial charge is 0.267 e. The van der Waals surface area contributed by atoms with E-state index in [1.165, 1.54) is 17.3 Å². The van der Waals surface area contributed by atoms with Crippen LogP contribution in [0.3, 0.4) is 0 Å². The molecule has 0 spiro atoms. The first kappa shape index (κ1) is 20.9. The van der Waals surface area contributed by atoms with E-state index in [-0.39, 0.29) is 6.17 Å². The third-order valence-electron chi connectivity index (χ3n) is 5.12. The Kier molecular flexibility index (Phi) is 7.27. The number of amides is 1. The Morgan fingerprint density at radius 3 is 2.76 bits per heavy atom. The fourth-order valence-corrected chi connectivity index (χ4v) is 3.67. The van der Waals surface area contributed by atoms with Gasteiger partial charge in [0.15, 0.2) is 0 Å². The number of carbonyl (C=O) groups excluding carboxylic acids is 1. The molecule has 0 radical (unpaired) electrons. The summed E-state index contributed by atoms with van der Waals surface area (Å²) in [4.78, 5) is 15.9. The molecule has 1 amide bonds. The highest BCUT2D eigenvalue weighted by molar-refractivity contribution is 5.91. The molecule has 0 aliphatic carbocycles. The lowest BCUT2D eigenvalue weighted by Crippen LogP contribution is -2.37. The summed E-state index contributed by atoms with van der Waals surface area (Å²) < 4.78 is 0. The minimum Gasteiger partial charge on any atom is -0.363 e. The lowest BCUT2D eigenvalue weighted by molar-refractivity contribution is -0.124. The minimum absolute atomic E-state index is 0.243. The van der Waals surface area contributed by atoms with Crippen LogP contribution in [0.25, 0.3) is 6.08 Å².